The van der Waals surface area contributed by atoms with Crippen LogP contribution in [0.1, 0.15) is 37.7 Å². The lowest BCUT2D eigenvalue weighted by Gasteiger charge is -2.19. The largest absolute Gasteiger partial charge is 0.345 e. The Balaban J connectivity index is 1.44. The highest BCUT2D eigenvalue weighted by Crippen LogP contribution is 2.37. The van der Waals surface area contributed by atoms with E-state index in [1.807, 2.05) is 30.3 Å². The average Bonchev–Trinajstić information content (AvgIpc) is 2.89. The van der Waals surface area contributed by atoms with Crippen molar-refractivity contribution in [2.45, 2.75) is 32.1 Å². The van der Waals surface area contributed by atoms with Crippen LogP contribution in [0.15, 0.2) is 30.3 Å². The Hall–Kier alpha value is -2.61. The van der Waals surface area contributed by atoms with Gasteiger partial charge in [0.05, 0.1) is 18.4 Å². The molecule has 1 heterocycles. The summed E-state index contributed by atoms with van der Waals surface area (Å²) in [6.07, 6.45) is 3.74. The van der Waals surface area contributed by atoms with E-state index in [4.69, 9.17) is 0 Å². The second-order valence-electron chi connectivity index (χ2n) is 6.52. The highest BCUT2D eigenvalue weighted by Gasteiger charge is 2.47. The van der Waals surface area contributed by atoms with E-state index in [0.29, 0.717) is 0 Å². The van der Waals surface area contributed by atoms with Crippen LogP contribution in [-0.4, -0.2) is 35.7 Å². The van der Waals surface area contributed by atoms with Crippen LogP contribution in [0.5, 0.6) is 0 Å². The molecule has 2 unspecified atom stereocenters. The maximum atomic E-state index is 12.3. The van der Waals surface area contributed by atoms with Crippen LogP contribution in [0.4, 0.5) is 0 Å². The zero-order valence-corrected chi connectivity index (χ0v) is 14.2. The predicted molar refractivity (Wildman–Crippen MR) is 93.1 cm³/mol. The molecule has 2 aliphatic rings. The van der Waals surface area contributed by atoms with Crippen LogP contribution in [0.25, 0.3) is 0 Å². The van der Waals surface area contributed by atoms with Gasteiger partial charge < -0.3 is 5.32 Å². The van der Waals surface area contributed by atoms with Crippen molar-refractivity contribution in [1.29, 1.82) is 0 Å². The molecule has 3 rings (SSSR count). The molecular weight excluding hydrogens is 316 g/mol. The van der Waals surface area contributed by atoms with Gasteiger partial charge in [0.2, 0.25) is 17.7 Å². The first-order valence-electron chi connectivity index (χ1n) is 8.82. The standard InChI is InChI=1S/C20H22N2O3/c23-18(21-13-6-9-15-7-2-1-3-8-15)12-14-22-19(24)16-10-4-5-11-17(16)20(22)25/h1-3,7-8,16-17H,4-5,10-14H2,(H,21,23). The maximum absolute atomic E-state index is 12.3. The Bertz CT molecular complexity index is 693. The van der Waals surface area contributed by atoms with Crippen LogP contribution in [0.3, 0.4) is 0 Å². The second-order valence-corrected chi connectivity index (χ2v) is 6.52. The van der Waals surface area contributed by atoms with E-state index in [1.165, 1.54) is 4.90 Å². The third-order valence-electron chi connectivity index (χ3n) is 4.88. The van der Waals surface area contributed by atoms with Gasteiger partial charge in [-0.05, 0) is 25.0 Å². The first kappa shape index (κ1) is 17.2. The first-order valence-corrected chi connectivity index (χ1v) is 8.82. The van der Waals surface area contributed by atoms with Gasteiger partial charge in [-0.15, -0.1) is 0 Å². The molecule has 5 nitrogen and oxygen atoms in total. The van der Waals surface area contributed by atoms with E-state index < -0.39 is 0 Å². The number of carbonyl (C=O) groups is 3. The number of fused-ring (bicyclic) bond motifs is 1. The Labute approximate surface area is 147 Å². The molecular formula is C20H22N2O3. The van der Waals surface area contributed by atoms with Gasteiger partial charge in [0.25, 0.3) is 0 Å². The van der Waals surface area contributed by atoms with Gasteiger partial charge >= 0.3 is 0 Å². The number of hydrogen-bond acceptors (Lipinski definition) is 3. The lowest BCUT2D eigenvalue weighted by Crippen LogP contribution is -2.35. The van der Waals surface area contributed by atoms with Crippen molar-refractivity contribution < 1.29 is 14.4 Å². The van der Waals surface area contributed by atoms with Crippen molar-refractivity contribution >= 4 is 17.7 Å². The number of imide groups is 1. The molecule has 130 valence electrons. The fourth-order valence-electron chi connectivity index (χ4n) is 3.56. The van der Waals surface area contributed by atoms with Crippen molar-refractivity contribution in [3.63, 3.8) is 0 Å². The van der Waals surface area contributed by atoms with Crippen molar-refractivity contribution in [3.05, 3.63) is 35.9 Å². The summed E-state index contributed by atoms with van der Waals surface area (Å²) in [5.74, 6) is 5.17. The SMILES string of the molecule is O=C(CCN1C(=O)C2CCCCC2C1=O)NCC#Cc1ccccc1. The molecule has 1 aliphatic heterocycles. The van der Waals surface area contributed by atoms with Crippen molar-refractivity contribution in [2.75, 3.05) is 13.1 Å². The summed E-state index contributed by atoms with van der Waals surface area (Å²) in [4.78, 5) is 37.9. The number of likely N-dealkylation sites (tertiary alicyclic amines) is 1. The Morgan fingerprint density at radius 3 is 2.36 bits per heavy atom. The molecule has 3 amide bonds. The highest BCUT2D eigenvalue weighted by atomic mass is 16.2. The summed E-state index contributed by atoms with van der Waals surface area (Å²) in [5.41, 5.74) is 0.896. The van der Waals surface area contributed by atoms with Crippen LogP contribution in [0, 0.1) is 23.7 Å². The van der Waals surface area contributed by atoms with E-state index in [0.717, 1.165) is 31.2 Å². The van der Waals surface area contributed by atoms with E-state index >= 15 is 0 Å². The summed E-state index contributed by atoms with van der Waals surface area (Å²) < 4.78 is 0. The molecule has 0 spiro atoms. The number of rotatable bonds is 4. The van der Waals surface area contributed by atoms with Gasteiger partial charge in [-0.3, -0.25) is 19.3 Å². The van der Waals surface area contributed by atoms with Crippen LogP contribution in [0.2, 0.25) is 0 Å². The molecule has 0 bridgehead atoms. The normalized spacial score (nSPS) is 22.2. The number of nitrogens with one attached hydrogen (secondary N) is 1. The van der Waals surface area contributed by atoms with Crippen molar-refractivity contribution in [3.8, 4) is 11.8 Å². The second kappa shape index (κ2) is 7.98. The summed E-state index contributed by atoms with van der Waals surface area (Å²) >= 11 is 0. The van der Waals surface area contributed by atoms with E-state index in [2.05, 4.69) is 17.2 Å². The summed E-state index contributed by atoms with van der Waals surface area (Å²) in [6.45, 7) is 0.420. The minimum Gasteiger partial charge on any atom is -0.345 e. The number of benzene rings is 1. The molecule has 5 heteroatoms. The monoisotopic (exact) mass is 338 g/mol. The van der Waals surface area contributed by atoms with Crippen LogP contribution in [-0.2, 0) is 14.4 Å². The maximum Gasteiger partial charge on any atom is 0.233 e. The minimum atomic E-state index is -0.196. The fraction of sp³-hybridized carbons (Fsp3) is 0.450. The topological polar surface area (TPSA) is 66.5 Å². The molecule has 2 atom stereocenters. The quantitative estimate of drug-likeness (QED) is 0.671. The fourth-order valence-corrected chi connectivity index (χ4v) is 3.56. The van der Waals surface area contributed by atoms with Crippen molar-refractivity contribution in [1.82, 2.24) is 10.2 Å². The molecule has 0 radical (unpaired) electrons. The highest BCUT2D eigenvalue weighted by molar-refractivity contribution is 6.05. The summed E-state index contributed by atoms with van der Waals surface area (Å²) in [7, 11) is 0. The van der Waals surface area contributed by atoms with E-state index in [9.17, 15) is 14.4 Å². The molecule has 25 heavy (non-hydrogen) atoms. The number of nitrogens with zero attached hydrogens (tertiary/aromatic N) is 1. The van der Waals surface area contributed by atoms with Crippen molar-refractivity contribution in [2.24, 2.45) is 11.8 Å². The lowest BCUT2D eigenvalue weighted by molar-refractivity contribution is -0.140. The van der Waals surface area contributed by atoms with E-state index in [1.54, 1.807) is 0 Å². The lowest BCUT2D eigenvalue weighted by atomic mass is 9.81. The van der Waals surface area contributed by atoms with Gasteiger partial charge in [0, 0.05) is 18.5 Å². The predicted octanol–water partition coefficient (Wildman–Crippen LogP) is 1.72. The van der Waals surface area contributed by atoms with Gasteiger partial charge in [-0.25, -0.2) is 0 Å². The molecule has 2 fully saturated rings. The Morgan fingerprint density at radius 1 is 1.08 bits per heavy atom. The molecule has 1 saturated heterocycles. The molecule has 0 aromatic heterocycles. The van der Waals surface area contributed by atoms with Gasteiger partial charge in [0.15, 0.2) is 0 Å². The van der Waals surface area contributed by atoms with Crippen LogP contribution >= 0.6 is 0 Å². The molecule has 1 aliphatic carbocycles. The Kier molecular flexibility index (Phi) is 5.49. The zero-order valence-electron chi connectivity index (χ0n) is 14.2. The molecule has 1 N–H and O–H groups in total. The number of hydrogen-bond donors (Lipinski definition) is 1. The average molecular weight is 338 g/mol. The Morgan fingerprint density at radius 2 is 1.72 bits per heavy atom. The third kappa shape index (κ3) is 4.08. The van der Waals surface area contributed by atoms with Gasteiger partial charge in [-0.1, -0.05) is 42.9 Å². The summed E-state index contributed by atoms with van der Waals surface area (Å²) in [6, 6.07) is 9.54. The number of carbonyl (C=O) groups excluding carboxylic acids is 3. The first-order chi connectivity index (χ1) is 12.2. The smallest absolute Gasteiger partial charge is 0.233 e. The third-order valence-corrected chi connectivity index (χ3v) is 4.88. The zero-order chi connectivity index (χ0) is 17.6. The molecule has 1 saturated carbocycles. The summed E-state index contributed by atoms with van der Waals surface area (Å²) in [5, 5.41) is 2.71. The van der Waals surface area contributed by atoms with Crippen LogP contribution < -0.4 is 5.32 Å². The van der Waals surface area contributed by atoms with Gasteiger partial charge in [0.1, 0.15) is 0 Å². The van der Waals surface area contributed by atoms with E-state index in [-0.39, 0.29) is 49.1 Å². The minimum absolute atomic E-state index is 0.0913. The number of amides is 3. The van der Waals surface area contributed by atoms with Gasteiger partial charge in [-0.2, -0.15) is 0 Å². The molecule has 1 aromatic rings. The molecule has 1 aromatic carbocycles.